The molecule has 0 heterocycles. The second kappa shape index (κ2) is 6.22. The van der Waals surface area contributed by atoms with E-state index in [1.165, 1.54) is 14.0 Å². The molecule has 1 aromatic carbocycles. The lowest BCUT2D eigenvalue weighted by Crippen LogP contribution is -2.33. The van der Waals surface area contributed by atoms with E-state index in [0.717, 1.165) is 16.9 Å². The lowest BCUT2D eigenvalue weighted by Gasteiger charge is -2.19. The molecule has 0 radical (unpaired) electrons. The summed E-state index contributed by atoms with van der Waals surface area (Å²) in [6.07, 6.45) is 0. The van der Waals surface area contributed by atoms with Gasteiger partial charge in [0, 0.05) is 6.92 Å². The fourth-order valence-corrected chi connectivity index (χ4v) is 1.93. The minimum absolute atomic E-state index is 0.289. The maximum absolute atomic E-state index is 11.8. The van der Waals surface area contributed by atoms with Crippen LogP contribution in [0.25, 0.3) is 0 Å². The lowest BCUT2D eigenvalue weighted by molar-refractivity contribution is -0.145. The Labute approximate surface area is 112 Å². The zero-order valence-corrected chi connectivity index (χ0v) is 11.9. The zero-order valence-electron chi connectivity index (χ0n) is 11.9. The van der Waals surface area contributed by atoms with E-state index in [2.05, 4.69) is 5.32 Å². The van der Waals surface area contributed by atoms with Crippen LogP contribution in [0.3, 0.4) is 0 Å². The molecule has 1 atom stereocenters. The fourth-order valence-electron chi connectivity index (χ4n) is 1.93. The lowest BCUT2D eigenvalue weighted by atomic mass is 9.98. The first-order valence-electron chi connectivity index (χ1n) is 5.90. The summed E-state index contributed by atoms with van der Waals surface area (Å²) in [5.74, 6) is -0.0428. The minimum atomic E-state index is -0.799. The summed E-state index contributed by atoms with van der Waals surface area (Å²) in [7, 11) is 2.88. The number of benzene rings is 1. The van der Waals surface area contributed by atoms with Crippen LogP contribution in [0.15, 0.2) is 12.1 Å². The van der Waals surface area contributed by atoms with Crippen molar-refractivity contribution < 1.29 is 19.1 Å². The van der Waals surface area contributed by atoms with Gasteiger partial charge in [0.05, 0.1) is 14.2 Å². The predicted molar refractivity (Wildman–Crippen MR) is 71.0 cm³/mol. The van der Waals surface area contributed by atoms with Gasteiger partial charge in [-0.2, -0.15) is 0 Å². The highest BCUT2D eigenvalue weighted by atomic mass is 16.5. The smallest absolute Gasteiger partial charge is 0.333 e. The summed E-state index contributed by atoms with van der Waals surface area (Å²) in [6, 6.07) is 2.86. The summed E-state index contributed by atoms with van der Waals surface area (Å²) in [4.78, 5) is 23.0. The highest BCUT2D eigenvalue weighted by molar-refractivity contribution is 5.84. The first-order chi connectivity index (χ1) is 8.90. The molecule has 1 aromatic rings. The van der Waals surface area contributed by atoms with Gasteiger partial charge in [-0.15, -0.1) is 0 Å². The Balaban J connectivity index is 3.26. The molecule has 0 aliphatic carbocycles. The van der Waals surface area contributed by atoms with Crippen molar-refractivity contribution in [3.8, 4) is 5.75 Å². The molecule has 1 N–H and O–H groups in total. The highest BCUT2D eigenvalue weighted by Gasteiger charge is 2.24. The van der Waals surface area contributed by atoms with Crippen LogP contribution in [0.2, 0.25) is 0 Å². The maximum atomic E-state index is 11.8. The molecule has 0 aliphatic heterocycles. The van der Waals surface area contributed by atoms with Crippen molar-refractivity contribution in [2.45, 2.75) is 26.8 Å². The first kappa shape index (κ1) is 15.0. The van der Waals surface area contributed by atoms with Gasteiger partial charge in [-0.1, -0.05) is 0 Å². The SMILES string of the molecule is COC(=O)C(NC(C)=O)c1cc(C)c(OC)cc1C. The number of hydrogen-bond acceptors (Lipinski definition) is 4. The number of rotatable bonds is 4. The van der Waals surface area contributed by atoms with Crippen LogP contribution in [-0.2, 0) is 14.3 Å². The number of ether oxygens (including phenoxy) is 2. The summed E-state index contributed by atoms with van der Waals surface area (Å²) < 4.78 is 9.96. The number of nitrogens with one attached hydrogen (secondary N) is 1. The molecule has 5 nitrogen and oxygen atoms in total. The standard InChI is InChI=1S/C14H19NO4/c1-8-7-12(18-4)9(2)6-11(8)13(14(17)19-5)15-10(3)16/h6-7,13H,1-5H3,(H,15,16). The number of hydrogen-bond donors (Lipinski definition) is 1. The summed E-state index contributed by atoms with van der Waals surface area (Å²) in [6.45, 7) is 5.10. The van der Waals surface area contributed by atoms with Crippen molar-refractivity contribution in [2.75, 3.05) is 14.2 Å². The third kappa shape index (κ3) is 3.47. The molecule has 1 unspecified atom stereocenters. The summed E-state index contributed by atoms with van der Waals surface area (Å²) in [5, 5.41) is 2.60. The van der Waals surface area contributed by atoms with E-state index >= 15 is 0 Å². The Morgan fingerprint density at radius 1 is 1.16 bits per heavy atom. The second-order valence-electron chi connectivity index (χ2n) is 4.34. The molecule has 19 heavy (non-hydrogen) atoms. The van der Waals surface area contributed by atoms with Gasteiger partial charge in [-0.3, -0.25) is 4.79 Å². The summed E-state index contributed by atoms with van der Waals surface area (Å²) in [5.41, 5.74) is 2.45. The van der Waals surface area contributed by atoms with Crippen LogP contribution in [0.5, 0.6) is 5.75 Å². The van der Waals surface area contributed by atoms with Crippen LogP contribution in [-0.4, -0.2) is 26.1 Å². The van der Waals surface area contributed by atoms with E-state index in [9.17, 15) is 9.59 Å². The zero-order chi connectivity index (χ0) is 14.6. The number of aryl methyl sites for hydroxylation is 2. The third-order valence-corrected chi connectivity index (χ3v) is 2.88. The third-order valence-electron chi connectivity index (χ3n) is 2.88. The summed E-state index contributed by atoms with van der Waals surface area (Å²) >= 11 is 0. The maximum Gasteiger partial charge on any atom is 0.333 e. The number of methoxy groups -OCH3 is 2. The Morgan fingerprint density at radius 3 is 2.26 bits per heavy atom. The van der Waals surface area contributed by atoms with Crippen molar-refractivity contribution in [3.05, 3.63) is 28.8 Å². The molecule has 1 rings (SSSR count). The van der Waals surface area contributed by atoms with Gasteiger partial charge in [0.15, 0.2) is 6.04 Å². The van der Waals surface area contributed by atoms with E-state index in [-0.39, 0.29) is 5.91 Å². The van der Waals surface area contributed by atoms with Crippen molar-refractivity contribution in [3.63, 3.8) is 0 Å². The van der Waals surface area contributed by atoms with Crippen LogP contribution < -0.4 is 10.1 Å². The van der Waals surface area contributed by atoms with E-state index in [4.69, 9.17) is 9.47 Å². The fraction of sp³-hybridized carbons (Fsp3) is 0.429. The van der Waals surface area contributed by atoms with Crippen molar-refractivity contribution >= 4 is 11.9 Å². The molecular formula is C14H19NO4. The Morgan fingerprint density at radius 2 is 1.79 bits per heavy atom. The van der Waals surface area contributed by atoms with Gasteiger partial charge in [0.1, 0.15) is 5.75 Å². The van der Waals surface area contributed by atoms with E-state index in [0.29, 0.717) is 5.56 Å². The van der Waals surface area contributed by atoms with Gasteiger partial charge < -0.3 is 14.8 Å². The average molecular weight is 265 g/mol. The number of carbonyl (C=O) groups excluding carboxylic acids is 2. The van der Waals surface area contributed by atoms with E-state index in [1.54, 1.807) is 7.11 Å². The molecule has 0 spiro atoms. The van der Waals surface area contributed by atoms with E-state index < -0.39 is 12.0 Å². The van der Waals surface area contributed by atoms with Crippen LogP contribution in [0, 0.1) is 13.8 Å². The first-order valence-corrected chi connectivity index (χ1v) is 5.90. The monoisotopic (exact) mass is 265 g/mol. The molecule has 1 amide bonds. The van der Waals surface area contributed by atoms with Gasteiger partial charge in [0.2, 0.25) is 5.91 Å². The molecule has 104 valence electrons. The van der Waals surface area contributed by atoms with Crippen LogP contribution in [0.1, 0.15) is 29.7 Å². The van der Waals surface area contributed by atoms with Gasteiger partial charge >= 0.3 is 5.97 Å². The number of amides is 1. The normalized spacial score (nSPS) is 11.6. The predicted octanol–water partition coefficient (Wildman–Crippen LogP) is 1.66. The average Bonchev–Trinajstić information content (AvgIpc) is 2.37. The molecular weight excluding hydrogens is 246 g/mol. The molecule has 0 saturated heterocycles. The number of carbonyl (C=O) groups is 2. The molecule has 0 fully saturated rings. The van der Waals surface area contributed by atoms with Crippen molar-refractivity contribution in [1.82, 2.24) is 5.32 Å². The second-order valence-corrected chi connectivity index (χ2v) is 4.34. The minimum Gasteiger partial charge on any atom is -0.496 e. The van der Waals surface area contributed by atoms with Crippen LogP contribution >= 0.6 is 0 Å². The molecule has 0 saturated carbocycles. The topological polar surface area (TPSA) is 64.6 Å². The molecule has 0 aromatic heterocycles. The molecule has 0 aliphatic rings. The van der Waals surface area contributed by atoms with Gasteiger partial charge in [-0.25, -0.2) is 4.79 Å². The Hall–Kier alpha value is -2.04. The Bertz CT molecular complexity index is 496. The Kier molecular flexibility index (Phi) is 4.92. The van der Waals surface area contributed by atoms with Gasteiger partial charge in [0.25, 0.3) is 0 Å². The quantitative estimate of drug-likeness (QED) is 0.841. The largest absolute Gasteiger partial charge is 0.496 e. The highest BCUT2D eigenvalue weighted by Crippen LogP contribution is 2.27. The van der Waals surface area contributed by atoms with Crippen molar-refractivity contribution in [1.29, 1.82) is 0 Å². The number of esters is 1. The van der Waals surface area contributed by atoms with Crippen LogP contribution in [0.4, 0.5) is 0 Å². The molecule has 0 bridgehead atoms. The van der Waals surface area contributed by atoms with Gasteiger partial charge in [-0.05, 0) is 42.7 Å². The molecule has 5 heteroatoms. The van der Waals surface area contributed by atoms with Crippen molar-refractivity contribution in [2.24, 2.45) is 0 Å². The van der Waals surface area contributed by atoms with E-state index in [1.807, 2.05) is 26.0 Å².